The van der Waals surface area contributed by atoms with Crippen LogP contribution in [0.2, 0.25) is 0 Å². The average Bonchev–Trinajstić information content (AvgIpc) is 2.85. The third-order valence-electron chi connectivity index (χ3n) is 2.80. The number of hydrogen-bond donors (Lipinski definition) is 1. The molecule has 112 valence electrons. The molecule has 2 aromatic heterocycles. The minimum Gasteiger partial charge on any atom is -0.355 e. The highest BCUT2D eigenvalue weighted by atomic mass is 32.1. The van der Waals surface area contributed by atoms with E-state index in [1.165, 1.54) is 0 Å². The predicted octanol–water partition coefficient (Wildman–Crippen LogP) is 1.03. The first kappa shape index (κ1) is 15.5. The van der Waals surface area contributed by atoms with E-state index in [0.717, 1.165) is 22.1 Å². The van der Waals surface area contributed by atoms with Crippen molar-refractivity contribution in [1.82, 2.24) is 25.4 Å². The Labute approximate surface area is 128 Å². The summed E-state index contributed by atoms with van der Waals surface area (Å²) in [5.74, 6) is 0.00895. The lowest BCUT2D eigenvalue weighted by molar-refractivity contribution is -0.122. The summed E-state index contributed by atoms with van der Waals surface area (Å²) < 4.78 is 0. The lowest BCUT2D eigenvalue weighted by Gasteiger charge is -2.15. The van der Waals surface area contributed by atoms with Crippen molar-refractivity contribution in [2.45, 2.75) is 19.9 Å². The maximum atomic E-state index is 11.8. The number of pyridine rings is 1. The fourth-order valence-electron chi connectivity index (χ4n) is 1.87. The predicted molar refractivity (Wildman–Crippen MR) is 81.9 cm³/mol. The Morgan fingerprint density at radius 1 is 1.38 bits per heavy atom. The molecule has 0 aromatic carbocycles. The van der Waals surface area contributed by atoms with Crippen LogP contribution < -0.4 is 5.32 Å². The SMILES string of the molecule is Cc1nnc(CCNC(=O)CN(C)Cc2ccccn2)s1. The van der Waals surface area contributed by atoms with Crippen molar-refractivity contribution in [3.8, 4) is 0 Å². The second-order valence-electron chi connectivity index (χ2n) is 4.81. The van der Waals surface area contributed by atoms with Crippen molar-refractivity contribution >= 4 is 17.2 Å². The molecule has 0 saturated heterocycles. The van der Waals surface area contributed by atoms with E-state index in [2.05, 4.69) is 20.5 Å². The van der Waals surface area contributed by atoms with Crippen molar-refractivity contribution in [3.05, 3.63) is 40.1 Å². The topological polar surface area (TPSA) is 71.0 Å². The summed E-state index contributed by atoms with van der Waals surface area (Å²) in [5, 5.41) is 12.8. The number of amides is 1. The van der Waals surface area contributed by atoms with Gasteiger partial charge >= 0.3 is 0 Å². The van der Waals surface area contributed by atoms with Gasteiger partial charge in [0.1, 0.15) is 10.0 Å². The Kier molecular flexibility index (Phi) is 5.77. The minimum absolute atomic E-state index is 0.00895. The zero-order valence-corrected chi connectivity index (χ0v) is 13.1. The smallest absolute Gasteiger partial charge is 0.234 e. The van der Waals surface area contributed by atoms with Gasteiger partial charge in [0.2, 0.25) is 5.91 Å². The van der Waals surface area contributed by atoms with E-state index in [1.54, 1.807) is 17.5 Å². The molecule has 0 bridgehead atoms. The molecule has 21 heavy (non-hydrogen) atoms. The van der Waals surface area contributed by atoms with Gasteiger partial charge in [-0.2, -0.15) is 0 Å². The number of nitrogens with one attached hydrogen (secondary N) is 1. The molecule has 0 aliphatic rings. The van der Waals surface area contributed by atoms with Gasteiger partial charge in [-0.1, -0.05) is 6.07 Å². The van der Waals surface area contributed by atoms with Crippen LogP contribution in [0.1, 0.15) is 15.7 Å². The van der Waals surface area contributed by atoms with Crippen molar-refractivity contribution < 1.29 is 4.79 Å². The van der Waals surface area contributed by atoms with Crippen molar-refractivity contribution in [3.63, 3.8) is 0 Å². The lowest BCUT2D eigenvalue weighted by Crippen LogP contribution is -2.35. The maximum Gasteiger partial charge on any atom is 0.234 e. The third kappa shape index (κ3) is 5.57. The molecule has 6 nitrogen and oxygen atoms in total. The number of nitrogens with zero attached hydrogens (tertiary/aromatic N) is 4. The summed E-state index contributed by atoms with van der Waals surface area (Å²) in [6.07, 6.45) is 2.48. The first-order valence-electron chi connectivity index (χ1n) is 6.77. The fraction of sp³-hybridized carbons (Fsp3) is 0.429. The van der Waals surface area contributed by atoms with Crippen LogP contribution >= 0.6 is 11.3 Å². The molecular formula is C14H19N5OS. The molecule has 0 aliphatic carbocycles. The van der Waals surface area contributed by atoms with E-state index in [9.17, 15) is 4.79 Å². The van der Waals surface area contributed by atoms with E-state index in [-0.39, 0.29) is 5.91 Å². The highest BCUT2D eigenvalue weighted by Crippen LogP contribution is 2.07. The molecule has 0 atom stereocenters. The Morgan fingerprint density at radius 3 is 2.90 bits per heavy atom. The van der Waals surface area contributed by atoms with Gasteiger partial charge in [0.25, 0.3) is 0 Å². The standard InChI is InChI=1S/C14H19N5OS/c1-11-17-18-14(21-11)6-8-16-13(20)10-19(2)9-12-5-3-4-7-15-12/h3-5,7H,6,8-10H2,1-2H3,(H,16,20). The van der Waals surface area contributed by atoms with Gasteiger partial charge in [-0.05, 0) is 26.1 Å². The zero-order valence-electron chi connectivity index (χ0n) is 12.2. The number of hydrogen-bond acceptors (Lipinski definition) is 6. The van der Waals surface area contributed by atoms with Crippen LogP contribution in [0, 0.1) is 6.92 Å². The Morgan fingerprint density at radius 2 is 2.24 bits per heavy atom. The fourth-order valence-corrected chi connectivity index (χ4v) is 2.58. The molecule has 2 aromatic rings. The summed E-state index contributed by atoms with van der Waals surface area (Å²) in [5.41, 5.74) is 0.956. The molecule has 2 heterocycles. The van der Waals surface area contributed by atoms with Crippen LogP contribution in [-0.4, -0.2) is 46.1 Å². The molecule has 0 aliphatic heterocycles. The van der Waals surface area contributed by atoms with Crippen molar-refractivity contribution in [1.29, 1.82) is 0 Å². The normalized spacial score (nSPS) is 10.8. The lowest BCUT2D eigenvalue weighted by atomic mass is 10.3. The Hall–Kier alpha value is -1.86. The molecule has 0 radical (unpaired) electrons. The third-order valence-corrected chi connectivity index (χ3v) is 3.70. The molecule has 0 fully saturated rings. The quantitative estimate of drug-likeness (QED) is 0.827. The summed E-state index contributed by atoms with van der Waals surface area (Å²) in [7, 11) is 1.91. The van der Waals surface area contributed by atoms with Crippen LogP contribution in [0.4, 0.5) is 0 Å². The molecular weight excluding hydrogens is 286 g/mol. The van der Waals surface area contributed by atoms with Crippen LogP contribution in [0.5, 0.6) is 0 Å². The van der Waals surface area contributed by atoms with Crippen LogP contribution in [0.15, 0.2) is 24.4 Å². The second-order valence-corrected chi connectivity index (χ2v) is 6.07. The van der Waals surface area contributed by atoms with Crippen molar-refractivity contribution in [2.75, 3.05) is 20.1 Å². The summed E-state index contributed by atoms with van der Waals surface area (Å²) >= 11 is 1.56. The average molecular weight is 305 g/mol. The molecule has 0 spiro atoms. The van der Waals surface area contributed by atoms with Gasteiger partial charge < -0.3 is 5.32 Å². The highest BCUT2D eigenvalue weighted by Gasteiger charge is 2.08. The number of carbonyl (C=O) groups is 1. The van der Waals surface area contributed by atoms with Gasteiger partial charge in [0, 0.05) is 25.7 Å². The number of carbonyl (C=O) groups excluding carboxylic acids is 1. The highest BCUT2D eigenvalue weighted by molar-refractivity contribution is 7.11. The molecule has 7 heteroatoms. The van der Waals surface area contributed by atoms with Crippen LogP contribution in [0.3, 0.4) is 0 Å². The van der Waals surface area contributed by atoms with Gasteiger partial charge in [0.05, 0.1) is 12.2 Å². The number of rotatable bonds is 7. The van der Waals surface area contributed by atoms with Crippen LogP contribution in [-0.2, 0) is 17.8 Å². The molecule has 1 amide bonds. The number of aromatic nitrogens is 3. The number of likely N-dealkylation sites (N-methyl/N-ethyl adjacent to an activating group) is 1. The Balaban J connectivity index is 1.67. The number of aryl methyl sites for hydroxylation is 1. The molecule has 1 N–H and O–H groups in total. The second kappa shape index (κ2) is 7.80. The maximum absolute atomic E-state index is 11.8. The first-order chi connectivity index (χ1) is 10.1. The zero-order chi connectivity index (χ0) is 15.1. The van der Waals surface area contributed by atoms with Gasteiger partial charge in [-0.3, -0.25) is 14.7 Å². The van der Waals surface area contributed by atoms with Gasteiger partial charge in [-0.25, -0.2) is 0 Å². The van der Waals surface area contributed by atoms with E-state index in [4.69, 9.17) is 0 Å². The van der Waals surface area contributed by atoms with E-state index in [1.807, 2.05) is 37.1 Å². The monoisotopic (exact) mass is 305 g/mol. The minimum atomic E-state index is 0.00895. The molecule has 0 unspecified atom stereocenters. The van der Waals surface area contributed by atoms with E-state index >= 15 is 0 Å². The van der Waals surface area contributed by atoms with E-state index in [0.29, 0.717) is 19.6 Å². The largest absolute Gasteiger partial charge is 0.355 e. The Bertz CT molecular complexity index is 572. The van der Waals surface area contributed by atoms with Crippen molar-refractivity contribution in [2.24, 2.45) is 0 Å². The summed E-state index contributed by atoms with van der Waals surface area (Å²) in [6.45, 7) is 3.52. The molecule has 2 rings (SSSR count). The van der Waals surface area contributed by atoms with Crippen LogP contribution in [0.25, 0.3) is 0 Å². The van der Waals surface area contributed by atoms with E-state index < -0.39 is 0 Å². The first-order valence-corrected chi connectivity index (χ1v) is 7.59. The van der Waals surface area contributed by atoms with Gasteiger partial charge in [0.15, 0.2) is 0 Å². The van der Waals surface area contributed by atoms with Gasteiger partial charge in [-0.15, -0.1) is 21.5 Å². The molecule has 0 saturated carbocycles. The summed E-state index contributed by atoms with van der Waals surface area (Å²) in [6, 6.07) is 5.78. The summed E-state index contributed by atoms with van der Waals surface area (Å²) in [4.78, 5) is 18.0.